The van der Waals surface area contributed by atoms with E-state index in [4.69, 9.17) is 5.26 Å². The van der Waals surface area contributed by atoms with E-state index in [-0.39, 0.29) is 12.5 Å². The van der Waals surface area contributed by atoms with Gasteiger partial charge >= 0.3 is 0 Å². The van der Waals surface area contributed by atoms with Crippen molar-refractivity contribution in [2.45, 2.75) is 26.7 Å². The van der Waals surface area contributed by atoms with Gasteiger partial charge in [-0.15, -0.1) is 0 Å². The predicted molar refractivity (Wildman–Crippen MR) is 93.5 cm³/mol. The fourth-order valence-corrected chi connectivity index (χ4v) is 2.43. The van der Waals surface area contributed by atoms with Gasteiger partial charge in [-0.1, -0.05) is 32.0 Å². The van der Waals surface area contributed by atoms with Gasteiger partial charge in [-0.2, -0.15) is 5.26 Å². The summed E-state index contributed by atoms with van der Waals surface area (Å²) in [7, 11) is 0. The number of amides is 1. The number of carbonyl (C=O) groups is 1. The summed E-state index contributed by atoms with van der Waals surface area (Å²) in [6, 6.07) is 15.2. The van der Waals surface area contributed by atoms with Crippen LogP contribution in [0.4, 0.5) is 11.4 Å². The maximum absolute atomic E-state index is 12.2. The van der Waals surface area contributed by atoms with E-state index >= 15 is 0 Å². The molecule has 0 aliphatic rings. The van der Waals surface area contributed by atoms with E-state index in [1.807, 2.05) is 18.2 Å². The maximum atomic E-state index is 12.2. The highest BCUT2D eigenvalue weighted by molar-refractivity contribution is 5.95. The molecule has 0 spiro atoms. The van der Waals surface area contributed by atoms with Gasteiger partial charge in [-0.3, -0.25) is 4.79 Å². The molecule has 0 saturated heterocycles. The van der Waals surface area contributed by atoms with Crippen molar-refractivity contribution in [1.82, 2.24) is 0 Å². The summed E-state index contributed by atoms with van der Waals surface area (Å²) in [4.78, 5) is 12.2. The standard InChI is InChI=1S/C19H21N3O/c1-3-15-6-5-7-16(4-2)19(15)22-18(23)13-21-17-10-8-14(12-20)9-11-17/h5-11,21H,3-4,13H2,1-2H3,(H,22,23). The Labute approximate surface area is 137 Å². The van der Waals surface area contributed by atoms with Crippen molar-refractivity contribution in [2.24, 2.45) is 0 Å². The van der Waals surface area contributed by atoms with E-state index < -0.39 is 0 Å². The number of nitrogens with one attached hydrogen (secondary N) is 2. The summed E-state index contributed by atoms with van der Waals surface area (Å²) in [6.45, 7) is 4.35. The number of para-hydroxylation sites is 1. The number of hydrogen-bond acceptors (Lipinski definition) is 3. The highest BCUT2D eigenvalue weighted by atomic mass is 16.1. The minimum Gasteiger partial charge on any atom is -0.376 e. The second kappa shape index (κ2) is 8.00. The Morgan fingerprint density at radius 3 is 2.17 bits per heavy atom. The number of aryl methyl sites for hydroxylation is 2. The monoisotopic (exact) mass is 307 g/mol. The molecule has 0 aromatic heterocycles. The number of anilines is 2. The molecular weight excluding hydrogens is 286 g/mol. The summed E-state index contributed by atoms with van der Waals surface area (Å²) in [6.07, 6.45) is 1.76. The second-order valence-corrected chi connectivity index (χ2v) is 5.25. The molecule has 0 saturated carbocycles. The van der Waals surface area contributed by atoms with Crippen molar-refractivity contribution in [2.75, 3.05) is 17.2 Å². The molecule has 0 radical (unpaired) electrons. The number of carbonyl (C=O) groups excluding carboxylic acids is 1. The Hall–Kier alpha value is -2.80. The molecule has 4 heteroatoms. The lowest BCUT2D eigenvalue weighted by Gasteiger charge is -2.15. The molecule has 0 bridgehead atoms. The topological polar surface area (TPSA) is 64.9 Å². The van der Waals surface area contributed by atoms with Crippen molar-refractivity contribution in [1.29, 1.82) is 5.26 Å². The van der Waals surface area contributed by atoms with Crippen molar-refractivity contribution >= 4 is 17.3 Å². The highest BCUT2D eigenvalue weighted by Gasteiger charge is 2.09. The van der Waals surface area contributed by atoms with Crippen molar-refractivity contribution in [3.05, 3.63) is 59.2 Å². The first-order valence-electron chi connectivity index (χ1n) is 7.82. The number of nitriles is 1. The highest BCUT2D eigenvalue weighted by Crippen LogP contribution is 2.22. The average Bonchev–Trinajstić information content (AvgIpc) is 2.60. The fourth-order valence-electron chi connectivity index (χ4n) is 2.43. The average molecular weight is 307 g/mol. The van der Waals surface area contributed by atoms with Gasteiger partial charge in [0.2, 0.25) is 5.91 Å². The van der Waals surface area contributed by atoms with Gasteiger partial charge in [0.1, 0.15) is 0 Å². The summed E-state index contributed by atoms with van der Waals surface area (Å²) < 4.78 is 0. The predicted octanol–water partition coefficient (Wildman–Crippen LogP) is 3.73. The van der Waals surface area contributed by atoms with E-state index in [2.05, 4.69) is 30.6 Å². The molecule has 23 heavy (non-hydrogen) atoms. The molecule has 0 atom stereocenters. The zero-order chi connectivity index (χ0) is 16.7. The van der Waals surface area contributed by atoms with Gasteiger partial charge in [0.25, 0.3) is 0 Å². The molecule has 0 unspecified atom stereocenters. The minimum absolute atomic E-state index is 0.0787. The van der Waals surface area contributed by atoms with Gasteiger partial charge in [0.05, 0.1) is 18.2 Å². The zero-order valence-electron chi connectivity index (χ0n) is 13.5. The van der Waals surface area contributed by atoms with Crippen LogP contribution >= 0.6 is 0 Å². The molecule has 118 valence electrons. The summed E-state index contributed by atoms with van der Waals surface area (Å²) >= 11 is 0. The third kappa shape index (κ3) is 4.33. The fraction of sp³-hybridized carbons (Fsp3) is 0.263. The largest absolute Gasteiger partial charge is 0.376 e. The smallest absolute Gasteiger partial charge is 0.243 e. The van der Waals surface area contributed by atoms with E-state index in [1.165, 1.54) is 0 Å². The first-order chi connectivity index (χ1) is 11.2. The van der Waals surface area contributed by atoms with Crippen molar-refractivity contribution in [3.8, 4) is 6.07 Å². The van der Waals surface area contributed by atoms with Crippen molar-refractivity contribution < 1.29 is 4.79 Å². The van der Waals surface area contributed by atoms with Crippen LogP contribution in [0.2, 0.25) is 0 Å². The molecule has 4 nitrogen and oxygen atoms in total. The lowest BCUT2D eigenvalue weighted by molar-refractivity contribution is -0.114. The van der Waals surface area contributed by atoms with Crippen LogP contribution in [0.15, 0.2) is 42.5 Å². The lowest BCUT2D eigenvalue weighted by atomic mass is 10.0. The van der Waals surface area contributed by atoms with Gasteiger partial charge < -0.3 is 10.6 Å². The Morgan fingerprint density at radius 2 is 1.65 bits per heavy atom. The van der Waals surface area contributed by atoms with E-state index in [0.29, 0.717) is 5.56 Å². The number of benzene rings is 2. The summed E-state index contributed by atoms with van der Waals surface area (Å²) in [5.74, 6) is -0.0787. The number of rotatable bonds is 6. The van der Waals surface area contributed by atoms with Gasteiger partial charge in [-0.25, -0.2) is 0 Å². The molecule has 0 aliphatic carbocycles. The summed E-state index contributed by atoms with van der Waals surface area (Å²) in [5, 5.41) is 14.9. The molecule has 2 aromatic carbocycles. The maximum Gasteiger partial charge on any atom is 0.243 e. The van der Waals surface area contributed by atoms with Crippen LogP contribution in [0, 0.1) is 11.3 Å². The van der Waals surface area contributed by atoms with Gasteiger partial charge in [0.15, 0.2) is 0 Å². The molecule has 2 N–H and O–H groups in total. The van der Waals surface area contributed by atoms with E-state index in [9.17, 15) is 4.79 Å². The van der Waals surface area contributed by atoms with E-state index in [1.54, 1.807) is 24.3 Å². The molecule has 0 heterocycles. The first kappa shape index (κ1) is 16.6. The third-order valence-corrected chi connectivity index (χ3v) is 3.73. The number of hydrogen-bond donors (Lipinski definition) is 2. The van der Waals surface area contributed by atoms with Crippen LogP contribution in [-0.4, -0.2) is 12.5 Å². The Morgan fingerprint density at radius 1 is 1.04 bits per heavy atom. The molecule has 1 amide bonds. The van der Waals surface area contributed by atoms with Gasteiger partial charge in [0, 0.05) is 11.4 Å². The third-order valence-electron chi connectivity index (χ3n) is 3.73. The normalized spacial score (nSPS) is 9.96. The summed E-state index contributed by atoms with van der Waals surface area (Å²) in [5.41, 5.74) is 4.65. The minimum atomic E-state index is -0.0787. The Bertz CT molecular complexity index is 692. The quantitative estimate of drug-likeness (QED) is 0.854. The molecule has 0 fully saturated rings. The van der Waals surface area contributed by atoms with Crippen LogP contribution in [0.25, 0.3) is 0 Å². The zero-order valence-corrected chi connectivity index (χ0v) is 13.5. The second-order valence-electron chi connectivity index (χ2n) is 5.25. The molecule has 0 aliphatic heterocycles. The first-order valence-corrected chi connectivity index (χ1v) is 7.82. The van der Waals surface area contributed by atoms with Gasteiger partial charge in [-0.05, 0) is 48.2 Å². The lowest BCUT2D eigenvalue weighted by Crippen LogP contribution is -2.23. The Kier molecular flexibility index (Phi) is 5.76. The SMILES string of the molecule is CCc1cccc(CC)c1NC(=O)CNc1ccc(C#N)cc1. The van der Waals surface area contributed by atoms with Crippen LogP contribution in [0.3, 0.4) is 0 Å². The molecule has 2 rings (SSSR count). The molecular formula is C19H21N3O. The Balaban J connectivity index is 2.01. The van der Waals surface area contributed by atoms with Crippen LogP contribution in [-0.2, 0) is 17.6 Å². The number of nitrogens with zero attached hydrogens (tertiary/aromatic N) is 1. The van der Waals surface area contributed by atoms with Crippen LogP contribution in [0.1, 0.15) is 30.5 Å². The van der Waals surface area contributed by atoms with Crippen molar-refractivity contribution in [3.63, 3.8) is 0 Å². The molecule has 2 aromatic rings. The van der Waals surface area contributed by atoms with Crippen LogP contribution in [0.5, 0.6) is 0 Å². The van der Waals surface area contributed by atoms with E-state index in [0.717, 1.165) is 35.3 Å². The van der Waals surface area contributed by atoms with Crippen LogP contribution < -0.4 is 10.6 Å².